The number of hydrogen-bond acceptors (Lipinski definition) is 5. The van der Waals surface area contributed by atoms with E-state index in [-0.39, 0.29) is 0 Å². The predicted molar refractivity (Wildman–Crippen MR) is 67.3 cm³/mol. The summed E-state index contributed by atoms with van der Waals surface area (Å²) in [5.74, 6) is 0. The summed E-state index contributed by atoms with van der Waals surface area (Å²) >= 11 is 1.63. The second-order valence-corrected chi connectivity index (χ2v) is 4.58. The van der Waals surface area contributed by atoms with Gasteiger partial charge in [-0.3, -0.25) is 0 Å². The minimum atomic E-state index is 0.725. The van der Waals surface area contributed by atoms with Crippen molar-refractivity contribution >= 4 is 21.6 Å². The van der Waals surface area contributed by atoms with E-state index >= 15 is 0 Å². The molecule has 17 heavy (non-hydrogen) atoms. The predicted octanol–water partition coefficient (Wildman–Crippen LogP) is 1.60. The van der Waals surface area contributed by atoms with E-state index in [4.69, 9.17) is 0 Å². The topological polar surface area (TPSA) is 55.6 Å². The minimum absolute atomic E-state index is 0.725. The molecule has 5 nitrogen and oxygen atoms in total. The normalized spacial score (nSPS) is 11.1. The van der Waals surface area contributed by atoms with Gasteiger partial charge in [0.25, 0.3) is 0 Å². The highest BCUT2D eigenvalue weighted by Crippen LogP contribution is 2.20. The Hall–Kier alpha value is -1.79. The van der Waals surface area contributed by atoms with Crippen molar-refractivity contribution in [3.05, 3.63) is 35.6 Å². The first-order valence-electron chi connectivity index (χ1n) is 5.26. The number of thiazole rings is 1. The molecule has 0 saturated heterocycles. The van der Waals surface area contributed by atoms with Crippen LogP contribution >= 0.6 is 11.3 Å². The number of nitrogens with one attached hydrogen (secondary N) is 1. The molecule has 2 aromatic heterocycles. The van der Waals surface area contributed by atoms with Gasteiger partial charge in [-0.15, -0.1) is 16.4 Å². The first kappa shape index (κ1) is 10.4. The molecule has 0 unspecified atom stereocenters. The van der Waals surface area contributed by atoms with Crippen molar-refractivity contribution in [2.24, 2.45) is 0 Å². The Morgan fingerprint density at radius 2 is 2.35 bits per heavy atom. The molecule has 0 saturated carbocycles. The highest BCUT2D eigenvalue weighted by atomic mass is 32.1. The van der Waals surface area contributed by atoms with Crippen molar-refractivity contribution in [1.29, 1.82) is 0 Å². The van der Waals surface area contributed by atoms with Gasteiger partial charge in [0.1, 0.15) is 0 Å². The van der Waals surface area contributed by atoms with Crippen LogP contribution in [0.25, 0.3) is 15.9 Å². The van der Waals surface area contributed by atoms with Crippen LogP contribution in [-0.4, -0.2) is 27.0 Å². The van der Waals surface area contributed by atoms with Crippen molar-refractivity contribution < 1.29 is 0 Å². The molecular weight excluding hydrogens is 234 g/mol. The molecule has 3 aromatic rings. The summed E-state index contributed by atoms with van der Waals surface area (Å²) in [6.07, 6.45) is 1.93. The van der Waals surface area contributed by atoms with E-state index in [0.29, 0.717) is 0 Å². The van der Waals surface area contributed by atoms with Crippen molar-refractivity contribution in [2.45, 2.75) is 6.54 Å². The number of nitrogens with zero attached hydrogens (tertiary/aromatic N) is 4. The third-order valence-electron chi connectivity index (χ3n) is 2.48. The zero-order chi connectivity index (χ0) is 11.7. The molecule has 6 heteroatoms. The smallest absolute Gasteiger partial charge is 0.0969 e. The fraction of sp³-hybridized carbons (Fsp3) is 0.182. The van der Waals surface area contributed by atoms with Crippen LogP contribution in [0.15, 0.2) is 29.9 Å². The zero-order valence-corrected chi connectivity index (χ0v) is 10.1. The maximum absolute atomic E-state index is 4.25. The maximum atomic E-state index is 4.25. The largest absolute Gasteiger partial charge is 0.314 e. The average Bonchev–Trinajstić information content (AvgIpc) is 2.96. The summed E-state index contributed by atoms with van der Waals surface area (Å²) in [7, 11) is 1.89. The minimum Gasteiger partial charge on any atom is -0.314 e. The summed E-state index contributed by atoms with van der Waals surface area (Å²) in [4.78, 5) is 4.25. The van der Waals surface area contributed by atoms with Crippen LogP contribution in [0.4, 0.5) is 0 Å². The molecule has 0 bridgehead atoms. The molecule has 2 heterocycles. The highest BCUT2D eigenvalue weighted by molar-refractivity contribution is 7.16. The lowest BCUT2D eigenvalue weighted by Crippen LogP contribution is -2.04. The number of benzene rings is 1. The lowest BCUT2D eigenvalue weighted by molar-refractivity contribution is 0.767. The van der Waals surface area contributed by atoms with Gasteiger partial charge in [0, 0.05) is 6.54 Å². The Kier molecular flexibility index (Phi) is 2.58. The zero-order valence-electron chi connectivity index (χ0n) is 9.29. The van der Waals surface area contributed by atoms with E-state index in [9.17, 15) is 0 Å². The molecule has 0 atom stereocenters. The van der Waals surface area contributed by atoms with Gasteiger partial charge in [0.15, 0.2) is 0 Å². The van der Waals surface area contributed by atoms with Gasteiger partial charge >= 0.3 is 0 Å². The second kappa shape index (κ2) is 4.23. The Balaban J connectivity index is 2.00. The molecule has 0 amide bonds. The van der Waals surface area contributed by atoms with Gasteiger partial charge < -0.3 is 5.32 Å². The molecule has 86 valence electrons. The van der Waals surface area contributed by atoms with Crippen LogP contribution in [0.5, 0.6) is 0 Å². The Morgan fingerprint density at radius 1 is 1.41 bits per heavy atom. The van der Waals surface area contributed by atoms with Crippen LogP contribution < -0.4 is 5.32 Å². The second-order valence-electron chi connectivity index (χ2n) is 3.69. The van der Waals surface area contributed by atoms with Gasteiger partial charge in [0.05, 0.1) is 33.3 Å². The average molecular weight is 245 g/mol. The Labute approximate surface area is 102 Å². The Morgan fingerprint density at radius 3 is 3.24 bits per heavy atom. The number of fused-ring (bicyclic) bond motifs is 1. The number of rotatable bonds is 3. The number of aromatic nitrogens is 4. The third-order valence-corrected chi connectivity index (χ3v) is 3.27. The summed E-state index contributed by atoms with van der Waals surface area (Å²) in [5, 5.41) is 11.2. The number of hydrogen-bond donors (Lipinski definition) is 1. The molecule has 0 aliphatic rings. The Bertz CT molecular complexity index is 642. The molecule has 0 fully saturated rings. The fourth-order valence-corrected chi connectivity index (χ4v) is 2.38. The highest BCUT2D eigenvalue weighted by Gasteiger charge is 2.04. The first-order chi connectivity index (χ1) is 8.36. The molecule has 1 aromatic carbocycles. The monoisotopic (exact) mass is 245 g/mol. The van der Waals surface area contributed by atoms with Gasteiger partial charge in [0.2, 0.25) is 0 Å². The molecule has 0 spiro atoms. The first-order valence-corrected chi connectivity index (χ1v) is 6.14. The summed E-state index contributed by atoms with van der Waals surface area (Å²) in [6.45, 7) is 0.725. The third kappa shape index (κ3) is 1.92. The molecule has 1 N–H and O–H groups in total. The lowest BCUT2D eigenvalue weighted by Gasteiger charge is -1.98. The van der Waals surface area contributed by atoms with Crippen molar-refractivity contribution in [1.82, 2.24) is 25.3 Å². The van der Waals surface area contributed by atoms with Gasteiger partial charge in [-0.1, -0.05) is 5.21 Å². The van der Waals surface area contributed by atoms with E-state index < -0.39 is 0 Å². The van der Waals surface area contributed by atoms with Gasteiger partial charge in [-0.05, 0) is 25.2 Å². The SMILES string of the molecule is CNCc1cn(-c2ccc3ncsc3c2)nn1. The molecule has 0 aliphatic carbocycles. The van der Waals surface area contributed by atoms with E-state index in [0.717, 1.165) is 28.1 Å². The van der Waals surface area contributed by atoms with Crippen LogP contribution in [0, 0.1) is 0 Å². The quantitative estimate of drug-likeness (QED) is 0.761. The summed E-state index contributed by atoms with van der Waals surface area (Å²) in [6, 6.07) is 6.07. The van der Waals surface area contributed by atoms with E-state index in [1.807, 2.05) is 30.9 Å². The van der Waals surface area contributed by atoms with Crippen LogP contribution in [0.3, 0.4) is 0 Å². The standard InChI is InChI=1S/C11H11N5S/c1-12-5-8-6-16(15-14-8)9-2-3-10-11(4-9)17-7-13-10/h2-4,6-7,12H,5H2,1H3. The van der Waals surface area contributed by atoms with E-state index in [1.54, 1.807) is 16.0 Å². The summed E-state index contributed by atoms with van der Waals surface area (Å²) < 4.78 is 2.94. The van der Waals surface area contributed by atoms with Gasteiger partial charge in [-0.2, -0.15) is 0 Å². The molecule has 0 radical (unpaired) electrons. The van der Waals surface area contributed by atoms with E-state index in [1.165, 1.54) is 0 Å². The van der Waals surface area contributed by atoms with Crippen molar-refractivity contribution in [3.8, 4) is 5.69 Å². The van der Waals surface area contributed by atoms with Gasteiger partial charge in [-0.25, -0.2) is 9.67 Å². The van der Waals surface area contributed by atoms with Crippen molar-refractivity contribution in [2.75, 3.05) is 7.05 Å². The molecule has 0 aliphatic heterocycles. The molecule has 3 rings (SSSR count). The van der Waals surface area contributed by atoms with Crippen LogP contribution in [0.2, 0.25) is 0 Å². The molecular formula is C11H11N5S. The summed E-state index contributed by atoms with van der Waals surface area (Å²) in [5.41, 5.74) is 4.81. The van der Waals surface area contributed by atoms with Crippen LogP contribution in [0.1, 0.15) is 5.69 Å². The van der Waals surface area contributed by atoms with E-state index in [2.05, 4.69) is 26.7 Å². The maximum Gasteiger partial charge on any atom is 0.0969 e. The van der Waals surface area contributed by atoms with Crippen LogP contribution in [-0.2, 0) is 6.54 Å². The fourth-order valence-electron chi connectivity index (χ4n) is 1.67. The van der Waals surface area contributed by atoms with Crippen molar-refractivity contribution in [3.63, 3.8) is 0 Å². The lowest BCUT2D eigenvalue weighted by atomic mass is 10.3.